The van der Waals surface area contributed by atoms with Crippen molar-refractivity contribution in [1.29, 1.82) is 0 Å². The lowest BCUT2D eigenvalue weighted by Gasteiger charge is -2.30. The maximum atomic E-state index is 13.9. The molecule has 5 N–H and O–H groups in total. The minimum absolute atomic E-state index is 0.0239. The second-order valence-corrected chi connectivity index (χ2v) is 13.2. The lowest BCUT2D eigenvalue weighted by molar-refractivity contribution is -0.142. The molecule has 0 radical (unpaired) electrons. The third-order valence-corrected chi connectivity index (χ3v) is 8.81. The van der Waals surface area contributed by atoms with Crippen molar-refractivity contribution < 1.29 is 43.3 Å². The average molecular weight is 680 g/mol. The minimum atomic E-state index is -1.09. The van der Waals surface area contributed by atoms with Gasteiger partial charge in [-0.3, -0.25) is 24.0 Å². The van der Waals surface area contributed by atoms with Gasteiger partial charge in [-0.05, 0) is 61.6 Å². The SMILES string of the molecule is CC[C@@H]1NC(=O)[C@@H](NC(=O)c2ccc3c(c2)OCO3)Cc2ccc(cc2)OC[C@H](CC(C)C)NC(=O)[C@@H](C)NC(=O)[C@@H]2C[C@@H](O)CN2C1=O. The van der Waals surface area contributed by atoms with Gasteiger partial charge >= 0.3 is 0 Å². The van der Waals surface area contributed by atoms with Gasteiger partial charge in [-0.1, -0.05) is 32.9 Å². The van der Waals surface area contributed by atoms with E-state index in [1.807, 2.05) is 13.8 Å². The predicted octanol–water partition coefficient (Wildman–Crippen LogP) is 1.04. The summed E-state index contributed by atoms with van der Waals surface area (Å²) in [6, 6.07) is 7.29. The molecule has 0 unspecified atom stereocenters. The largest absolute Gasteiger partial charge is 0.491 e. The number of rotatable bonds is 5. The second kappa shape index (κ2) is 15.6. The minimum Gasteiger partial charge on any atom is -0.491 e. The van der Waals surface area contributed by atoms with Crippen molar-refractivity contribution in [2.24, 2.45) is 5.92 Å². The van der Waals surface area contributed by atoms with Crippen LogP contribution in [0, 0.1) is 5.92 Å². The molecular formula is C35H45N5O9. The third kappa shape index (κ3) is 8.79. The molecule has 0 saturated carbocycles. The molecule has 4 aliphatic heterocycles. The molecule has 1 fully saturated rings. The Hall–Kier alpha value is -4.85. The highest BCUT2D eigenvalue weighted by atomic mass is 16.7. The number of nitrogens with zero attached hydrogens (tertiary/aromatic N) is 1. The molecule has 6 rings (SSSR count). The fourth-order valence-electron chi connectivity index (χ4n) is 6.20. The van der Waals surface area contributed by atoms with Crippen molar-refractivity contribution in [2.75, 3.05) is 19.9 Å². The highest BCUT2D eigenvalue weighted by Crippen LogP contribution is 2.32. The van der Waals surface area contributed by atoms with Crippen LogP contribution in [0.15, 0.2) is 42.5 Å². The molecule has 4 heterocycles. The Morgan fingerprint density at radius 3 is 2.41 bits per heavy atom. The third-order valence-electron chi connectivity index (χ3n) is 8.81. The molecule has 1 saturated heterocycles. The van der Waals surface area contributed by atoms with Crippen LogP contribution < -0.4 is 35.5 Å². The topological polar surface area (TPSA) is 185 Å². The van der Waals surface area contributed by atoms with Gasteiger partial charge in [0.05, 0.1) is 12.1 Å². The van der Waals surface area contributed by atoms with E-state index in [0.717, 1.165) is 0 Å². The maximum absolute atomic E-state index is 13.9. The number of amides is 5. The van der Waals surface area contributed by atoms with Gasteiger partial charge in [0.15, 0.2) is 11.5 Å². The Balaban J connectivity index is 1.44. The van der Waals surface area contributed by atoms with Crippen LogP contribution in [-0.2, 0) is 25.6 Å². The fourth-order valence-corrected chi connectivity index (χ4v) is 6.20. The molecule has 0 aromatic heterocycles. The Morgan fingerprint density at radius 2 is 1.69 bits per heavy atom. The van der Waals surface area contributed by atoms with E-state index in [4.69, 9.17) is 14.2 Å². The number of hydrogen-bond acceptors (Lipinski definition) is 9. The first-order chi connectivity index (χ1) is 23.4. The lowest BCUT2D eigenvalue weighted by Crippen LogP contribution is -2.58. The highest BCUT2D eigenvalue weighted by Gasteiger charge is 2.42. The number of aliphatic hydroxyl groups is 1. The van der Waals surface area contributed by atoms with Crippen LogP contribution in [0.1, 0.15) is 62.9 Å². The summed E-state index contributed by atoms with van der Waals surface area (Å²) in [4.78, 5) is 68.9. The second-order valence-electron chi connectivity index (χ2n) is 13.2. The van der Waals surface area contributed by atoms with E-state index < -0.39 is 59.8 Å². The van der Waals surface area contributed by atoms with E-state index >= 15 is 0 Å². The molecule has 6 atom stereocenters. The van der Waals surface area contributed by atoms with Gasteiger partial charge in [0.2, 0.25) is 30.4 Å². The smallest absolute Gasteiger partial charge is 0.252 e. The van der Waals surface area contributed by atoms with Crippen LogP contribution >= 0.6 is 0 Å². The van der Waals surface area contributed by atoms with Crippen LogP contribution in [0.2, 0.25) is 0 Å². The van der Waals surface area contributed by atoms with E-state index in [-0.39, 0.29) is 56.7 Å². The van der Waals surface area contributed by atoms with Crippen molar-refractivity contribution in [2.45, 2.75) is 89.7 Å². The zero-order valence-corrected chi connectivity index (χ0v) is 28.2. The highest BCUT2D eigenvalue weighted by molar-refractivity contribution is 5.99. The zero-order valence-electron chi connectivity index (χ0n) is 28.2. The van der Waals surface area contributed by atoms with Gasteiger partial charge in [-0.25, -0.2) is 0 Å². The Labute approximate surface area is 285 Å². The number of fused-ring (bicyclic) bond motifs is 15. The number of nitrogens with one attached hydrogen (secondary N) is 4. The van der Waals surface area contributed by atoms with Gasteiger partial charge in [0.25, 0.3) is 5.91 Å². The van der Waals surface area contributed by atoms with Gasteiger partial charge in [-0.2, -0.15) is 0 Å². The number of hydrogen-bond donors (Lipinski definition) is 5. The van der Waals surface area contributed by atoms with Crippen LogP contribution in [0.25, 0.3) is 0 Å². The summed E-state index contributed by atoms with van der Waals surface area (Å²) in [6.45, 7) is 7.42. The van der Waals surface area contributed by atoms with E-state index in [2.05, 4.69) is 21.3 Å². The Morgan fingerprint density at radius 1 is 0.959 bits per heavy atom. The van der Waals surface area contributed by atoms with E-state index in [1.54, 1.807) is 50.2 Å². The van der Waals surface area contributed by atoms with Crippen LogP contribution in [0.3, 0.4) is 0 Å². The molecular weight excluding hydrogens is 634 g/mol. The summed E-state index contributed by atoms with van der Waals surface area (Å²) in [6.07, 6.45) is -0.104. The number of carbonyl (C=O) groups excluding carboxylic acids is 5. The predicted molar refractivity (Wildman–Crippen MR) is 177 cm³/mol. The summed E-state index contributed by atoms with van der Waals surface area (Å²) in [5.41, 5.74) is 0.972. The first kappa shape index (κ1) is 35.5. The van der Waals surface area contributed by atoms with Crippen molar-refractivity contribution in [3.63, 3.8) is 0 Å². The summed E-state index contributed by atoms with van der Waals surface area (Å²) >= 11 is 0. The van der Waals surface area contributed by atoms with Gasteiger partial charge in [0, 0.05) is 24.9 Å². The molecule has 49 heavy (non-hydrogen) atoms. The molecule has 2 aromatic rings. The first-order valence-corrected chi connectivity index (χ1v) is 16.7. The number of carbonyl (C=O) groups is 5. The number of aliphatic hydroxyl groups excluding tert-OH is 1. The molecule has 5 amide bonds. The molecule has 0 aliphatic carbocycles. The fraction of sp³-hybridized carbons (Fsp3) is 0.514. The molecule has 4 aliphatic rings. The quantitative estimate of drug-likeness (QED) is 0.288. The summed E-state index contributed by atoms with van der Waals surface area (Å²) < 4.78 is 16.8. The van der Waals surface area contributed by atoms with E-state index in [0.29, 0.717) is 29.2 Å². The summed E-state index contributed by atoms with van der Waals surface area (Å²) in [5.74, 6) is -0.974. The van der Waals surface area contributed by atoms with Crippen molar-refractivity contribution in [1.82, 2.24) is 26.2 Å². The summed E-state index contributed by atoms with van der Waals surface area (Å²) in [7, 11) is 0. The van der Waals surface area contributed by atoms with Crippen LogP contribution in [0.4, 0.5) is 0 Å². The standard InChI is InChI=1S/C35H45N5O9/c1-5-26-35(46)40-16-24(41)15-28(40)34(45)36-20(4)31(42)37-23(12-19(2)3)17-47-25-9-6-21(7-10-25)13-27(33(44)38-26)39-32(43)22-8-11-29-30(14-22)49-18-48-29/h6-11,14,19-20,23-24,26-28,41H,5,12-13,15-18H2,1-4H3,(H,36,45)(H,37,42)(H,38,44)(H,39,43)/t20-,23+,24-,26+,27+,28+/m1/s1. The number of ether oxygens (including phenoxy) is 3. The van der Waals surface area contributed by atoms with Crippen LogP contribution in [0.5, 0.6) is 17.2 Å². The Bertz CT molecular complexity index is 1550. The monoisotopic (exact) mass is 679 g/mol. The van der Waals surface area contributed by atoms with Gasteiger partial charge in [-0.15, -0.1) is 0 Å². The van der Waals surface area contributed by atoms with E-state index in [9.17, 15) is 29.1 Å². The molecule has 14 heteroatoms. The molecule has 0 spiro atoms. The van der Waals surface area contributed by atoms with Gasteiger partial charge in [0.1, 0.15) is 36.5 Å². The molecule has 2 bridgehead atoms. The first-order valence-electron chi connectivity index (χ1n) is 16.7. The molecule has 14 nitrogen and oxygen atoms in total. The average Bonchev–Trinajstić information content (AvgIpc) is 3.71. The Kier molecular flexibility index (Phi) is 11.3. The zero-order chi connectivity index (χ0) is 35.2. The summed E-state index contributed by atoms with van der Waals surface area (Å²) in [5, 5.41) is 21.7. The molecule has 2 aromatic carbocycles. The normalized spacial score (nSPS) is 26.4. The maximum Gasteiger partial charge on any atom is 0.252 e. The van der Waals surface area contributed by atoms with Crippen molar-refractivity contribution >= 4 is 29.5 Å². The lowest BCUT2D eigenvalue weighted by atomic mass is 10.0. The van der Waals surface area contributed by atoms with Crippen LogP contribution in [-0.4, -0.2) is 95.8 Å². The van der Waals surface area contributed by atoms with Gasteiger partial charge < -0.3 is 45.5 Å². The van der Waals surface area contributed by atoms with Crippen molar-refractivity contribution in [3.05, 3.63) is 53.6 Å². The van der Waals surface area contributed by atoms with Crippen molar-refractivity contribution in [3.8, 4) is 17.2 Å². The number of benzene rings is 2. The molecule has 264 valence electrons. The van der Waals surface area contributed by atoms with E-state index in [1.165, 1.54) is 11.0 Å².